The molecule has 0 radical (unpaired) electrons. The third-order valence-corrected chi connectivity index (χ3v) is 3.90. The van der Waals surface area contributed by atoms with Crippen molar-refractivity contribution in [1.82, 2.24) is 15.1 Å². The Morgan fingerprint density at radius 3 is 2.74 bits per heavy atom. The molecule has 140 valence electrons. The Morgan fingerprint density at radius 1 is 1.19 bits per heavy atom. The molecule has 0 aliphatic carbocycles. The molecular weight excluding hydrogens is 350 g/mol. The average Bonchev–Trinajstić information content (AvgIpc) is 3.23. The van der Waals surface area contributed by atoms with Crippen LogP contribution < -0.4 is 20.3 Å². The van der Waals surface area contributed by atoms with Crippen LogP contribution in [0, 0.1) is 0 Å². The topological polar surface area (TPSA) is 95.6 Å². The lowest BCUT2D eigenvalue weighted by molar-refractivity contribution is 0.0948. The summed E-state index contributed by atoms with van der Waals surface area (Å²) in [5.74, 6) is 1.21. The number of hydrogen-bond acceptors (Lipinski definition) is 6. The number of aromatic nitrogens is 2. The van der Waals surface area contributed by atoms with Crippen molar-refractivity contribution in [3.05, 3.63) is 64.6 Å². The number of carbonyl (C=O) groups excluding carboxylic acids is 1. The van der Waals surface area contributed by atoms with E-state index in [4.69, 9.17) is 13.9 Å². The van der Waals surface area contributed by atoms with Crippen molar-refractivity contribution >= 4 is 5.91 Å². The SMILES string of the molecule is COc1ccc(OC)c(C(=O)NCCn2nc(-c3ccco3)ccc2=O)c1. The molecule has 2 aromatic heterocycles. The van der Waals surface area contributed by atoms with Gasteiger partial charge in [0.25, 0.3) is 11.5 Å². The highest BCUT2D eigenvalue weighted by atomic mass is 16.5. The van der Waals surface area contributed by atoms with Gasteiger partial charge in [0.1, 0.15) is 17.2 Å². The lowest BCUT2D eigenvalue weighted by Crippen LogP contribution is -2.32. The van der Waals surface area contributed by atoms with Crippen LogP contribution in [0.25, 0.3) is 11.5 Å². The van der Waals surface area contributed by atoms with Gasteiger partial charge in [0.2, 0.25) is 0 Å². The fourth-order valence-corrected chi connectivity index (χ4v) is 2.53. The van der Waals surface area contributed by atoms with E-state index < -0.39 is 0 Å². The van der Waals surface area contributed by atoms with Gasteiger partial charge < -0.3 is 19.2 Å². The van der Waals surface area contributed by atoms with Crippen molar-refractivity contribution in [1.29, 1.82) is 0 Å². The summed E-state index contributed by atoms with van der Waals surface area (Å²) in [6.07, 6.45) is 1.54. The van der Waals surface area contributed by atoms with Crippen LogP contribution in [-0.2, 0) is 6.54 Å². The van der Waals surface area contributed by atoms with Crippen LogP contribution in [0.15, 0.2) is 57.9 Å². The van der Waals surface area contributed by atoms with E-state index >= 15 is 0 Å². The van der Waals surface area contributed by atoms with Crippen LogP contribution >= 0.6 is 0 Å². The molecule has 8 nitrogen and oxygen atoms in total. The number of benzene rings is 1. The first-order valence-electron chi connectivity index (χ1n) is 8.24. The van der Waals surface area contributed by atoms with Crippen molar-refractivity contribution < 1.29 is 18.7 Å². The molecule has 0 bridgehead atoms. The number of rotatable bonds is 7. The molecule has 27 heavy (non-hydrogen) atoms. The van der Waals surface area contributed by atoms with Crippen molar-refractivity contribution in [2.75, 3.05) is 20.8 Å². The molecule has 0 aliphatic heterocycles. The second kappa shape index (κ2) is 8.22. The minimum atomic E-state index is -0.332. The number of methoxy groups -OCH3 is 2. The molecule has 1 N–H and O–H groups in total. The first-order valence-corrected chi connectivity index (χ1v) is 8.24. The summed E-state index contributed by atoms with van der Waals surface area (Å²) < 4.78 is 16.9. The summed E-state index contributed by atoms with van der Waals surface area (Å²) in [5.41, 5.74) is 0.625. The van der Waals surface area contributed by atoms with E-state index in [-0.39, 0.29) is 24.6 Å². The standard InChI is InChI=1S/C19H19N3O5/c1-25-13-5-7-16(26-2)14(12-13)19(24)20-9-10-22-18(23)8-6-15(21-22)17-4-3-11-27-17/h3-8,11-12H,9-10H2,1-2H3,(H,20,24). The lowest BCUT2D eigenvalue weighted by atomic mass is 10.1. The summed E-state index contributed by atoms with van der Waals surface area (Å²) in [7, 11) is 3.01. The number of carbonyl (C=O) groups is 1. The third-order valence-electron chi connectivity index (χ3n) is 3.90. The molecule has 8 heteroatoms. The molecule has 0 aliphatic rings. The molecule has 2 heterocycles. The Balaban J connectivity index is 1.69. The summed E-state index contributed by atoms with van der Waals surface area (Å²) in [5, 5.41) is 7.02. The molecule has 0 saturated carbocycles. The fraction of sp³-hybridized carbons (Fsp3) is 0.211. The maximum absolute atomic E-state index is 12.5. The van der Waals surface area contributed by atoms with Gasteiger partial charge in [-0.05, 0) is 36.4 Å². The van der Waals surface area contributed by atoms with Crippen molar-refractivity contribution in [2.45, 2.75) is 6.54 Å². The molecule has 0 spiro atoms. The van der Waals surface area contributed by atoms with Crippen LogP contribution in [-0.4, -0.2) is 36.5 Å². The van der Waals surface area contributed by atoms with Crippen LogP contribution in [0.5, 0.6) is 11.5 Å². The lowest BCUT2D eigenvalue weighted by Gasteiger charge is -2.11. The smallest absolute Gasteiger partial charge is 0.266 e. The molecule has 3 aromatic rings. The molecule has 3 rings (SSSR count). The summed E-state index contributed by atoms with van der Waals surface area (Å²) in [6.45, 7) is 0.430. The van der Waals surface area contributed by atoms with Crippen molar-refractivity contribution in [3.63, 3.8) is 0 Å². The summed E-state index contributed by atoms with van der Waals surface area (Å²) in [6, 6.07) is 11.5. The molecule has 0 atom stereocenters. The molecular formula is C19H19N3O5. The maximum atomic E-state index is 12.5. The predicted octanol–water partition coefficient (Wildman–Crippen LogP) is 1.95. The number of nitrogens with one attached hydrogen (secondary N) is 1. The fourth-order valence-electron chi connectivity index (χ4n) is 2.53. The third kappa shape index (κ3) is 4.17. The second-order valence-electron chi connectivity index (χ2n) is 5.58. The van der Waals surface area contributed by atoms with Gasteiger partial charge in [-0.1, -0.05) is 0 Å². The highest BCUT2D eigenvalue weighted by molar-refractivity contribution is 5.97. The minimum Gasteiger partial charge on any atom is -0.497 e. The Hall–Kier alpha value is -3.55. The van der Waals surface area contributed by atoms with Crippen LogP contribution in [0.1, 0.15) is 10.4 Å². The van der Waals surface area contributed by atoms with Gasteiger partial charge in [0.15, 0.2) is 5.76 Å². The van der Waals surface area contributed by atoms with Crippen molar-refractivity contribution in [3.8, 4) is 23.0 Å². The number of ether oxygens (including phenoxy) is 2. The van der Waals surface area contributed by atoms with Gasteiger partial charge in [0.05, 0.1) is 32.6 Å². The number of hydrogen-bond donors (Lipinski definition) is 1. The molecule has 1 amide bonds. The van der Waals surface area contributed by atoms with Gasteiger partial charge >= 0.3 is 0 Å². The first-order chi connectivity index (χ1) is 13.1. The largest absolute Gasteiger partial charge is 0.497 e. The van der Waals surface area contributed by atoms with Gasteiger partial charge in [-0.15, -0.1) is 0 Å². The second-order valence-corrected chi connectivity index (χ2v) is 5.58. The highest BCUT2D eigenvalue weighted by Crippen LogP contribution is 2.23. The Labute approximate surface area is 155 Å². The molecule has 0 fully saturated rings. The Bertz CT molecular complexity index is 979. The Morgan fingerprint density at radius 2 is 2.04 bits per heavy atom. The average molecular weight is 369 g/mol. The number of amides is 1. The van der Waals surface area contributed by atoms with E-state index in [0.717, 1.165) is 0 Å². The van der Waals surface area contributed by atoms with Crippen LogP contribution in [0.4, 0.5) is 0 Å². The molecule has 0 unspecified atom stereocenters. The Kier molecular flexibility index (Phi) is 5.55. The zero-order valence-corrected chi connectivity index (χ0v) is 15.0. The first kappa shape index (κ1) is 18.2. The quantitative estimate of drug-likeness (QED) is 0.684. The van der Waals surface area contributed by atoms with Crippen LogP contribution in [0.3, 0.4) is 0 Å². The number of furan rings is 1. The zero-order valence-electron chi connectivity index (χ0n) is 15.0. The van der Waals surface area contributed by atoms with E-state index in [1.54, 1.807) is 36.4 Å². The van der Waals surface area contributed by atoms with Crippen molar-refractivity contribution in [2.24, 2.45) is 0 Å². The van der Waals surface area contributed by atoms with Gasteiger partial charge in [-0.2, -0.15) is 5.10 Å². The minimum absolute atomic E-state index is 0.214. The number of nitrogens with zero attached hydrogens (tertiary/aromatic N) is 2. The summed E-state index contributed by atoms with van der Waals surface area (Å²) >= 11 is 0. The van der Waals surface area contributed by atoms with E-state index in [2.05, 4.69) is 10.4 Å². The van der Waals surface area contributed by atoms with E-state index in [9.17, 15) is 9.59 Å². The monoisotopic (exact) mass is 369 g/mol. The molecule has 1 aromatic carbocycles. The molecule has 0 saturated heterocycles. The predicted molar refractivity (Wildman–Crippen MR) is 98.1 cm³/mol. The van der Waals surface area contributed by atoms with E-state index in [1.165, 1.54) is 31.2 Å². The highest BCUT2D eigenvalue weighted by Gasteiger charge is 2.13. The van der Waals surface area contributed by atoms with Gasteiger partial charge in [-0.3, -0.25) is 9.59 Å². The van der Waals surface area contributed by atoms with E-state index in [1.807, 2.05) is 0 Å². The normalized spacial score (nSPS) is 10.4. The summed E-state index contributed by atoms with van der Waals surface area (Å²) in [4.78, 5) is 24.4. The van der Waals surface area contributed by atoms with E-state index in [0.29, 0.717) is 28.5 Å². The maximum Gasteiger partial charge on any atom is 0.266 e. The van der Waals surface area contributed by atoms with Gasteiger partial charge in [-0.25, -0.2) is 4.68 Å². The van der Waals surface area contributed by atoms with Gasteiger partial charge in [0, 0.05) is 12.6 Å². The van der Waals surface area contributed by atoms with Crippen LogP contribution in [0.2, 0.25) is 0 Å². The zero-order chi connectivity index (χ0) is 19.2.